The van der Waals surface area contributed by atoms with Gasteiger partial charge in [-0.3, -0.25) is 0 Å². The van der Waals surface area contributed by atoms with Gasteiger partial charge in [-0.1, -0.05) is 26.0 Å². The summed E-state index contributed by atoms with van der Waals surface area (Å²) in [5, 5.41) is 5.09. The van der Waals surface area contributed by atoms with Crippen LogP contribution in [0.4, 0.5) is 4.79 Å². The molecule has 0 saturated heterocycles. The Morgan fingerprint density at radius 2 is 1.89 bits per heavy atom. The van der Waals surface area contributed by atoms with E-state index in [-0.39, 0.29) is 17.0 Å². The van der Waals surface area contributed by atoms with Gasteiger partial charge in [0.1, 0.15) is 0 Å². The summed E-state index contributed by atoms with van der Waals surface area (Å²) >= 11 is 1.75. The number of hydrogen-bond acceptors (Lipinski definition) is 4. The second-order valence-corrected chi connectivity index (χ2v) is 9.81. The first kappa shape index (κ1) is 20.8. The van der Waals surface area contributed by atoms with Crippen molar-refractivity contribution >= 4 is 27.4 Å². The molecule has 0 bridgehead atoms. The van der Waals surface area contributed by atoms with E-state index in [1.807, 2.05) is 25.7 Å². The molecule has 0 aliphatic carbocycles. The van der Waals surface area contributed by atoms with Gasteiger partial charge in [0, 0.05) is 31.1 Å². The molecule has 0 saturated carbocycles. The first-order valence-corrected chi connectivity index (χ1v) is 11.9. The first-order chi connectivity index (χ1) is 13.4. The SMILES string of the molecule is CCN(CC)S(=O)(=O)c1ccc([C@H](C)NC(=O)N2CCc3sccc3C2)cc1. The Morgan fingerprint density at radius 3 is 2.54 bits per heavy atom. The molecule has 0 spiro atoms. The minimum atomic E-state index is -3.47. The lowest BCUT2D eigenvalue weighted by molar-refractivity contribution is 0.189. The maximum absolute atomic E-state index is 12.6. The molecule has 0 fully saturated rings. The van der Waals surface area contributed by atoms with E-state index in [1.54, 1.807) is 35.6 Å². The lowest BCUT2D eigenvalue weighted by Gasteiger charge is -2.28. The fourth-order valence-corrected chi connectivity index (χ4v) is 5.77. The standard InChI is InChI=1S/C20H27N3O3S2/c1-4-23(5-2)28(25,26)18-8-6-16(7-9-18)15(3)21-20(24)22-12-10-19-17(14-22)11-13-27-19/h6-9,11,13,15H,4-5,10,12,14H2,1-3H3,(H,21,24)/t15-/m0/s1. The van der Waals surface area contributed by atoms with E-state index in [0.29, 0.717) is 26.2 Å². The number of carbonyl (C=O) groups is 1. The number of fused-ring (bicyclic) bond motifs is 1. The zero-order valence-corrected chi connectivity index (χ0v) is 18.1. The Balaban J connectivity index is 1.65. The number of rotatable bonds is 6. The van der Waals surface area contributed by atoms with Crippen molar-refractivity contribution < 1.29 is 13.2 Å². The quantitative estimate of drug-likeness (QED) is 0.775. The van der Waals surface area contributed by atoms with Crippen molar-refractivity contribution in [1.29, 1.82) is 0 Å². The van der Waals surface area contributed by atoms with Gasteiger partial charge in [-0.25, -0.2) is 13.2 Å². The Labute approximate surface area is 171 Å². The number of nitrogens with one attached hydrogen (secondary N) is 1. The molecule has 0 unspecified atom stereocenters. The van der Waals surface area contributed by atoms with Crippen LogP contribution in [0.2, 0.25) is 0 Å². The number of sulfonamides is 1. The van der Waals surface area contributed by atoms with Crippen LogP contribution in [0.5, 0.6) is 0 Å². The molecular formula is C20H27N3O3S2. The van der Waals surface area contributed by atoms with Crippen LogP contribution in [-0.2, 0) is 23.0 Å². The Morgan fingerprint density at radius 1 is 1.21 bits per heavy atom. The number of benzene rings is 1. The molecule has 8 heteroatoms. The van der Waals surface area contributed by atoms with Crippen molar-refractivity contribution in [1.82, 2.24) is 14.5 Å². The summed E-state index contributed by atoms with van der Waals surface area (Å²) < 4.78 is 26.6. The van der Waals surface area contributed by atoms with Crippen molar-refractivity contribution in [2.75, 3.05) is 19.6 Å². The predicted octanol–water partition coefficient (Wildman–Crippen LogP) is 3.61. The maximum Gasteiger partial charge on any atom is 0.318 e. The molecule has 2 heterocycles. The van der Waals surface area contributed by atoms with Crippen molar-refractivity contribution in [2.24, 2.45) is 0 Å². The highest BCUT2D eigenvalue weighted by molar-refractivity contribution is 7.89. The minimum Gasteiger partial charge on any atom is -0.331 e. The lowest BCUT2D eigenvalue weighted by atomic mass is 10.1. The summed E-state index contributed by atoms with van der Waals surface area (Å²) in [5.41, 5.74) is 2.10. The van der Waals surface area contributed by atoms with Crippen LogP contribution in [0.3, 0.4) is 0 Å². The van der Waals surface area contributed by atoms with Crippen LogP contribution < -0.4 is 5.32 Å². The molecule has 0 radical (unpaired) electrons. The highest BCUT2D eigenvalue weighted by Crippen LogP contribution is 2.25. The van der Waals surface area contributed by atoms with Crippen LogP contribution in [-0.4, -0.2) is 43.3 Å². The van der Waals surface area contributed by atoms with E-state index >= 15 is 0 Å². The first-order valence-electron chi connectivity index (χ1n) is 9.57. The fraction of sp³-hybridized carbons (Fsp3) is 0.450. The molecule has 1 aliphatic heterocycles. The van der Waals surface area contributed by atoms with Crippen molar-refractivity contribution in [3.63, 3.8) is 0 Å². The summed E-state index contributed by atoms with van der Waals surface area (Å²) in [7, 11) is -3.47. The number of carbonyl (C=O) groups excluding carboxylic acids is 1. The van der Waals surface area contributed by atoms with Gasteiger partial charge in [-0.05, 0) is 48.1 Å². The Bertz CT molecular complexity index is 918. The molecule has 1 aromatic heterocycles. The third kappa shape index (κ3) is 4.24. The fourth-order valence-electron chi connectivity index (χ4n) is 3.42. The molecule has 1 aliphatic rings. The molecule has 1 N–H and O–H groups in total. The molecule has 28 heavy (non-hydrogen) atoms. The van der Waals surface area contributed by atoms with Gasteiger partial charge in [0.2, 0.25) is 10.0 Å². The zero-order valence-electron chi connectivity index (χ0n) is 16.5. The lowest BCUT2D eigenvalue weighted by Crippen LogP contribution is -2.43. The van der Waals surface area contributed by atoms with Crippen LogP contribution >= 0.6 is 11.3 Å². The minimum absolute atomic E-state index is 0.0933. The smallest absolute Gasteiger partial charge is 0.318 e. The van der Waals surface area contributed by atoms with Gasteiger partial charge in [0.05, 0.1) is 10.9 Å². The molecule has 2 aromatic rings. The van der Waals surface area contributed by atoms with E-state index in [0.717, 1.165) is 12.0 Å². The van der Waals surface area contributed by atoms with Gasteiger partial charge in [0.15, 0.2) is 0 Å². The summed E-state index contributed by atoms with van der Waals surface area (Å²) in [6.45, 7) is 7.79. The third-order valence-electron chi connectivity index (χ3n) is 5.16. The average Bonchev–Trinajstić information content (AvgIpc) is 3.16. The number of thiophene rings is 1. The predicted molar refractivity (Wildman–Crippen MR) is 112 cm³/mol. The monoisotopic (exact) mass is 421 g/mol. The van der Waals surface area contributed by atoms with Crippen LogP contribution in [0.1, 0.15) is 42.8 Å². The zero-order chi connectivity index (χ0) is 20.3. The molecule has 1 aromatic carbocycles. The normalized spacial score (nSPS) is 15.4. The third-order valence-corrected chi connectivity index (χ3v) is 8.25. The Kier molecular flexibility index (Phi) is 6.42. The summed E-state index contributed by atoms with van der Waals surface area (Å²) in [5.74, 6) is 0. The molecule has 2 amide bonds. The van der Waals surface area contributed by atoms with Gasteiger partial charge in [-0.2, -0.15) is 4.31 Å². The summed E-state index contributed by atoms with van der Waals surface area (Å²) in [6, 6.07) is 8.56. The topological polar surface area (TPSA) is 69.7 Å². The largest absolute Gasteiger partial charge is 0.331 e. The summed E-state index contributed by atoms with van der Waals surface area (Å²) in [6.07, 6.45) is 0.896. The summed E-state index contributed by atoms with van der Waals surface area (Å²) in [4.78, 5) is 16.1. The van der Waals surface area contributed by atoms with E-state index in [1.165, 1.54) is 14.7 Å². The van der Waals surface area contributed by atoms with E-state index in [2.05, 4.69) is 16.8 Å². The van der Waals surface area contributed by atoms with Crippen LogP contribution in [0.25, 0.3) is 0 Å². The van der Waals surface area contributed by atoms with Crippen LogP contribution in [0, 0.1) is 0 Å². The van der Waals surface area contributed by atoms with E-state index in [4.69, 9.17) is 0 Å². The number of hydrogen-bond donors (Lipinski definition) is 1. The highest BCUT2D eigenvalue weighted by atomic mass is 32.2. The molecule has 152 valence electrons. The molecule has 1 atom stereocenters. The number of amides is 2. The van der Waals surface area contributed by atoms with Crippen molar-refractivity contribution in [2.45, 2.75) is 44.7 Å². The Hall–Kier alpha value is -1.90. The average molecular weight is 422 g/mol. The van der Waals surface area contributed by atoms with Crippen molar-refractivity contribution in [3.05, 3.63) is 51.7 Å². The highest BCUT2D eigenvalue weighted by Gasteiger charge is 2.24. The molecule has 6 nitrogen and oxygen atoms in total. The van der Waals surface area contributed by atoms with E-state index in [9.17, 15) is 13.2 Å². The van der Waals surface area contributed by atoms with Gasteiger partial charge in [-0.15, -0.1) is 11.3 Å². The molecular weight excluding hydrogens is 394 g/mol. The van der Waals surface area contributed by atoms with Gasteiger partial charge < -0.3 is 10.2 Å². The second-order valence-electron chi connectivity index (χ2n) is 6.87. The van der Waals surface area contributed by atoms with Crippen LogP contribution in [0.15, 0.2) is 40.6 Å². The maximum atomic E-state index is 12.6. The number of nitrogens with zero attached hydrogens (tertiary/aromatic N) is 2. The van der Waals surface area contributed by atoms with E-state index < -0.39 is 10.0 Å². The van der Waals surface area contributed by atoms with Gasteiger partial charge in [0.25, 0.3) is 0 Å². The molecule has 3 rings (SSSR count). The van der Waals surface area contributed by atoms with Crippen molar-refractivity contribution in [3.8, 4) is 0 Å². The second kappa shape index (κ2) is 8.63. The van der Waals surface area contributed by atoms with Gasteiger partial charge >= 0.3 is 6.03 Å². The number of urea groups is 1.